The van der Waals surface area contributed by atoms with E-state index in [0.717, 1.165) is 11.8 Å². The van der Waals surface area contributed by atoms with Gasteiger partial charge in [0.1, 0.15) is 10.7 Å². The van der Waals surface area contributed by atoms with Crippen LogP contribution in [-0.2, 0) is 16.6 Å². The molecule has 2 rings (SSSR count). The monoisotopic (exact) mass is 280 g/mol. The van der Waals surface area contributed by atoms with Crippen molar-refractivity contribution in [3.63, 3.8) is 0 Å². The first-order valence-electron chi connectivity index (χ1n) is 5.65. The Labute approximate surface area is 111 Å². The summed E-state index contributed by atoms with van der Waals surface area (Å²) in [6, 6.07) is 8.81. The third kappa shape index (κ3) is 3.36. The molecule has 0 radical (unpaired) electrons. The standard InChI is InChI=1S/C13H13FN2O2S/c1-10-6-7-11(8-15-10)9-16-19(17,18)13-5-3-2-4-12(13)14/h2-8,16H,9H2,1H3. The number of hydrogen-bond donors (Lipinski definition) is 1. The van der Waals surface area contributed by atoms with Crippen LogP contribution in [-0.4, -0.2) is 13.4 Å². The molecule has 100 valence electrons. The molecule has 6 heteroatoms. The van der Waals surface area contributed by atoms with Gasteiger partial charge in [-0.3, -0.25) is 4.98 Å². The van der Waals surface area contributed by atoms with Gasteiger partial charge in [-0.25, -0.2) is 17.5 Å². The van der Waals surface area contributed by atoms with Gasteiger partial charge < -0.3 is 0 Å². The van der Waals surface area contributed by atoms with E-state index in [-0.39, 0.29) is 11.4 Å². The van der Waals surface area contributed by atoms with Crippen molar-refractivity contribution >= 4 is 10.0 Å². The lowest BCUT2D eigenvalue weighted by Crippen LogP contribution is -2.24. The summed E-state index contributed by atoms with van der Waals surface area (Å²) >= 11 is 0. The van der Waals surface area contributed by atoms with Gasteiger partial charge in [-0.05, 0) is 30.7 Å². The van der Waals surface area contributed by atoms with Gasteiger partial charge in [-0.15, -0.1) is 0 Å². The molecule has 0 saturated heterocycles. The van der Waals surface area contributed by atoms with E-state index in [9.17, 15) is 12.8 Å². The third-order valence-corrected chi connectivity index (χ3v) is 4.00. The third-order valence-electron chi connectivity index (χ3n) is 2.57. The fourth-order valence-corrected chi connectivity index (χ4v) is 2.62. The molecule has 0 aliphatic heterocycles. The molecule has 0 spiro atoms. The number of sulfonamides is 1. The predicted octanol–water partition coefficient (Wildman–Crippen LogP) is 2.01. The summed E-state index contributed by atoms with van der Waals surface area (Å²) in [5.41, 5.74) is 1.56. The smallest absolute Gasteiger partial charge is 0.243 e. The summed E-state index contributed by atoms with van der Waals surface area (Å²) in [6.07, 6.45) is 1.58. The maximum absolute atomic E-state index is 13.4. The maximum Gasteiger partial charge on any atom is 0.243 e. The molecular formula is C13H13FN2O2S. The zero-order chi connectivity index (χ0) is 13.9. The number of rotatable bonds is 4. The first kappa shape index (κ1) is 13.6. The number of halogens is 1. The van der Waals surface area contributed by atoms with Crippen LogP contribution >= 0.6 is 0 Å². The normalized spacial score (nSPS) is 11.5. The molecule has 0 fully saturated rings. The summed E-state index contributed by atoms with van der Waals surface area (Å²) in [5.74, 6) is -0.767. The largest absolute Gasteiger partial charge is 0.261 e. The maximum atomic E-state index is 13.4. The topological polar surface area (TPSA) is 59.1 Å². The molecule has 0 amide bonds. The average molecular weight is 280 g/mol. The Hall–Kier alpha value is -1.79. The van der Waals surface area contributed by atoms with Gasteiger partial charge in [0.15, 0.2) is 0 Å². The fourth-order valence-electron chi connectivity index (χ4n) is 1.52. The summed E-state index contributed by atoms with van der Waals surface area (Å²) in [7, 11) is -3.85. The van der Waals surface area contributed by atoms with Crippen LogP contribution in [0.15, 0.2) is 47.5 Å². The molecule has 0 aliphatic carbocycles. The van der Waals surface area contributed by atoms with Crippen LogP contribution in [0.3, 0.4) is 0 Å². The van der Waals surface area contributed by atoms with Crippen LogP contribution in [0.25, 0.3) is 0 Å². The second-order valence-corrected chi connectivity index (χ2v) is 5.80. The van der Waals surface area contributed by atoms with Gasteiger partial charge in [0.25, 0.3) is 0 Å². The average Bonchev–Trinajstić information content (AvgIpc) is 2.38. The molecule has 1 N–H and O–H groups in total. The van der Waals surface area contributed by atoms with Gasteiger partial charge in [0, 0.05) is 18.4 Å². The molecule has 1 aromatic heterocycles. The van der Waals surface area contributed by atoms with Gasteiger partial charge in [0.2, 0.25) is 10.0 Å². The van der Waals surface area contributed by atoms with Crippen molar-refractivity contribution in [2.45, 2.75) is 18.4 Å². The SMILES string of the molecule is Cc1ccc(CNS(=O)(=O)c2ccccc2F)cn1. The van der Waals surface area contributed by atoms with Crippen molar-refractivity contribution in [3.05, 3.63) is 59.7 Å². The van der Waals surface area contributed by atoms with E-state index in [1.807, 2.05) is 6.92 Å². The van der Waals surface area contributed by atoms with E-state index in [0.29, 0.717) is 5.56 Å². The Morgan fingerprint density at radius 1 is 1.21 bits per heavy atom. The first-order valence-corrected chi connectivity index (χ1v) is 7.13. The minimum atomic E-state index is -3.85. The number of aryl methyl sites for hydroxylation is 1. The minimum absolute atomic E-state index is 0.0734. The second-order valence-electron chi connectivity index (χ2n) is 4.06. The van der Waals surface area contributed by atoms with Crippen LogP contribution in [0.2, 0.25) is 0 Å². The Balaban J connectivity index is 2.14. The molecular weight excluding hydrogens is 267 g/mol. The molecule has 19 heavy (non-hydrogen) atoms. The van der Waals surface area contributed by atoms with E-state index in [4.69, 9.17) is 0 Å². The predicted molar refractivity (Wildman–Crippen MR) is 69.4 cm³/mol. The number of pyridine rings is 1. The highest BCUT2D eigenvalue weighted by atomic mass is 32.2. The Morgan fingerprint density at radius 3 is 2.58 bits per heavy atom. The molecule has 0 saturated carbocycles. The zero-order valence-electron chi connectivity index (χ0n) is 10.3. The van der Waals surface area contributed by atoms with Crippen molar-refractivity contribution in [2.75, 3.05) is 0 Å². The lowest BCUT2D eigenvalue weighted by atomic mass is 10.2. The molecule has 2 aromatic rings. The Kier molecular flexibility index (Phi) is 3.92. The van der Waals surface area contributed by atoms with E-state index < -0.39 is 15.8 Å². The highest BCUT2D eigenvalue weighted by molar-refractivity contribution is 7.89. The molecule has 0 atom stereocenters. The van der Waals surface area contributed by atoms with Crippen LogP contribution in [0.4, 0.5) is 4.39 Å². The van der Waals surface area contributed by atoms with E-state index in [1.165, 1.54) is 18.2 Å². The van der Waals surface area contributed by atoms with E-state index in [2.05, 4.69) is 9.71 Å². The summed E-state index contributed by atoms with van der Waals surface area (Å²) in [6.45, 7) is 1.91. The number of hydrogen-bond acceptors (Lipinski definition) is 3. The van der Waals surface area contributed by atoms with Gasteiger partial charge in [-0.2, -0.15) is 0 Å². The van der Waals surface area contributed by atoms with Crippen LogP contribution in [0, 0.1) is 12.7 Å². The summed E-state index contributed by atoms with van der Waals surface area (Å²) in [4.78, 5) is 3.71. The molecule has 0 aliphatic rings. The second kappa shape index (κ2) is 5.46. The van der Waals surface area contributed by atoms with Crippen molar-refractivity contribution in [1.82, 2.24) is 9.71 Å². The van der Waals surface area contributed by atoms with Crippen LogP contribution < -0.4 is 4.72 Å². The lowest BCUT2D eigenvalue weighted by molar-refractivity contribution is 0.557. The fraction of sp³-hybridized carbons (Fsp3) is 0.154. The molecule has 1 aromatic carbocycles. The van der Waals surface area contributed by atoms with Crippen molar-refractivity contribution in [3.8, 4) is 0 Å². The van der Waals surface area contributed by atoms with Crippen molar-refractivity contribution in [2.24, 2.45) is 0 Å². The summed E-state index contributed by atoms with van der Waals surface area (Å²) < 4.78 is 39.6. The van der Waals surface area contributed by atoms with Crippen LogP contribution in [0.5, 0.6) is 0 Å². The molecule has 4 nitrogen and oxygen atoms in total. The van der Waals surface area contributed by atoms with E-state index >= 15 is 0 Å². The molecule has 0 unspecified atom stereocenters. The highest BCUT2D eigenvalue weighted by Gasteiger charge is 2.17. The van der Waals surface area contributed by atoms with Crippen molar-refractivity contribution in [1.29, 1.82) is 0 Å². The molecule has 1 heterocycles. The Bertz CT molecular complexity index is 669. The summed E-state index contributed by atoms with van der Waals surface area (Å²) in [5, 5.41) is 0. The van der Waals surface area contributed by atoms with Gasteiger partial charge in [0.05, 0.1) is 0 Å². The molecule has 0 bridgehead atoms. The number of aromatic nitrogens is 1. The van der Waals surface area contributed by atoms with Gasteiger partial charge in [-0.1, -0.05) is 18.2 Å². The van der Waals surface area contributed by atoms with Gasteiger partial charge >= 0.3 is 0 Å². The zero-order valence-corrected chi connectivity index (χ0v) is 11.1. The Morgan fingerprint density at radius 2 is 1.95 bits per heavy atom. The first-order chi connectivity index (χ1) is 8.99. The number of benzene rings is 1. The number of nitrogens with one attached hydrogen (secondary N) is 1. The lowest BCUT2D eigenvalue weighted by Gasteiger charge is -2.07. The van der Waals surface area contributed by atoms with Crippen molar-refractivity contribution < 1.29 is 12.8 Å². The quantitative estimate of drug-likeness (QED) is 0.932. The van der Waals surface area contributed by atoms with E-state index in [1.54, 1.807) is 18.3 Å². The number of nitrogens with zero attached hydrogens (tertiary/aromatic N) is 1. The van der Waals surface area contributed by atoms with Crippen LogP contribution in [0.1, 0.15) is 11.3 Å². The minimum Gasteiger partial charge on any atom is -0.261 e. The highest BCUT2D eigenvalue weighted by Crippen LogP contribution is 2.13.